The van der Waals surface area contributed by atoms with Gasteiger partial charge in [0.05, 0.1) is 17.1 Å². The minimum Gasteiger partial charge on any atom is -0.372 e. The summed E-state index contributed by atoms with van der Waals surface area (Å²) in [5.74, 6) is 0.0360. The number of benzene rings is 1. The zero-order valence-electron chi connectivity index (χ0n) is 16.6. The molecule has 2 fully saturated rings. The van der Waals surface area contributed by atoms with Gasteiger partial charge in [-0.05, 0) is 63.8 Å². The molecule has 1 aromatic rings. The predicted octanol–water partition coefficient (Wildman–Crippen LogP) is 2.34. The molecule has 0 bridgehead atoms. The van der Waals surface area contributed by atoms with Crippen LogP contribution in [0.25, 0.3) is 0 Å². The van der Waals surface area contributed by atoms with Gasteiger partial charge in [-0.2, -0.15) is 4.31 Å². The Morgan fingerprint density at radius 1 is 1.04 bits per heavy atom. The molecule has 27 heavy (non-hydrogen) atoms. The molecule has 3 rings (SSSR count). The van der Waals surface area contributed by atoms with Crippen LogP contribution < -0.4 is 0 Å². The maximum atomic E-state index is 12.9. The number of aryl methyl sites for hydroxylation is 2. The molecule has 2 saturated heterocycles. The van der Waals surface area contributed by atoms with Crippen molar-refractivity contribution in [1.29, 1.82) is 0 Å². The van der Waals surface area contributed by atoms with Gasteiger partial charge in [-0.15, -0.1) is 0 Å². The maximum absolute atomic E-state index is 12.9. The van der Waals surface area contributed by atoms with Crippen molar-refractivity contribution in [2.45, 2.75) is 57.6 Å². The molecule has 0 aromatic heterocycles. The molecule has 0 N–H and O–H groups in total. The summed E-state index contributed by atoms with van der Waals surface area (Å²) >= 11 is 0. The van der Waals surface area contributed by atoms with Crippen LogP contribution in [0, 0.1) is 19.8 Å². The van der Waals surface area contributed by atoms with Gasteiger partial charge in [-0.25, -0.2) is 8.42 Å². The summed E-state index contributed by atoms with van der Waals surface area (Å²) in [6.45, 7) is 9.86. The average Bonchev–Trinajstić information content (AvgIpc) is 2.62. The maximum Gasteiger partial charge on any atom is 0.243 e. The number of carbonyl (C=O) groups is 1. The van der Waals surface area contributed by atoms with Crippen LogP contribution in [0.3, 0.4) is 0 Å². The smallest absolute Gasteiger partial charge is 0.243 e. The first-order chi connectivity index (χ1) is 12.7. The fraction of sp³-hybridized carbons (Fsp3) is 0.650. The molecule has 150 valence electrons. The molecule has 1 amide bonds. The Labute approximate surface area is 162 Å². The fourth-order valence-electron chi connectivity index (χ4n) is 3.98. The molecule has 2 aliphatic heterocycles. The normalized spacial score (nSPS) is 25.6. The van der Waals surface area contributed by atoms with Gasteiger partial charge in [0.15, 0.2) is 0 Å². The molecule has 0 aliphatic carbocycles. The lowest BCUT2D eigenvalue weighted by Crippen LogP contribution is -2.51. The summed E-state index contributed by atoms with van der Waals surface area (Å²) in [6, 6.07) is 5.25. The summed E-state index contributed by atoms with van der Waals surface area (Å²) in [6.07, 6.45) is 1.23. The number of amides is 1. The Kier molecular flexibility index (Phi) is 5.93. The SMILES string of the molecule is Cc1ccc(S(=O)(=O)N2CCC(C(=O)N3CC(C)OC(C)C3)CC2)cc1C. The Morgan fingerprint density at radius 2 is 1.63 bits per heavy atom. The van der Waals surface area contributed by atoms with Gasteiger partial charge in [0.2, 0.25) is 15.9 Å². The first-order valence-corrected chi connectivity index (χ1v) is 11.1. The van der Waals surface area contributed by atoms with Gasteiger partial charge >= 0.3 is 0 Å². The molecule has 1 aromatic carbocycles. The second-order valence-electron chi connectivity index (χ2n) is 7.92. The van der Waals surface area contributed by atoms with Crippen molar-refractivity contribution < 1.29 is 17.9 Å². The van der Waals surface area contributed by atoms with Gasteiger partial charge in [0.25, 0.3) is 0 Å². The number of hydrogen-bond donors (Lipinski definition) is 0. The van der Waals surface area contributed by atoms with E-state index in [0.29, 0.717) is 43.9 Å². The van der Waals surface area contributed by atoms with Crippen molar-refractivity contribution in [3.05, 3.63) is 29.3 Å². The van der Waals surface area contributed by atoms with Gasteiger partial charge in [-0.3, -0.25) is 4.79 Å². The number of morpholine rings is 1. The largest absolute Gasteiger partial charge is 0.372 e. The Morgan fingerprint density at radius 3 is 2.19 bits per heavy atom. The monoisotopic (exact) mass is 394 g/mol. The van der Waals surface area contributed by atoms with E-state index in [2.05, 4.69) is 0 Å². The second kappa shape index (κ2) is 7.89. The molecule has 2 unspecified atom stereocenters. The van der Waals surface area contributed by atoms with Crippen molar-refractivity contribution in [3.63, 3.8) is 0 Å². The van der Waals surface area contributed by atoms with Gasteiger partial charge in [0.1, 0.15) is 0 Å². The topological polar surface area (TPSA) is 66.9 Å². The van der Waals surface area contributed by atoms with Crippen LogP contribution in [0.4, 0.5) is 0 Å². The molecule has 2 atom stereocenters. The third-order valence-electron chi connectivity index (χ3n) is 5.65. The van der Waals surface area contributed by atoms with Crippen LogP contribution in [0.2, 0.25) is 0 Å². The molecule has 2 aliphatic rings. The molecule has 0 saturated carbocycles. The van der Waals surface area contributed by atoms with E-state index in [1.807, 2.05) is 38.7 Å². The summed E-state index contributed by atoms with van der Waals surface area (Å²) < 4.78 is 33.1. The van der Waals surface area contributed by atoms with E-state index >= 15 is 0 Å². The van der Waals surface area contributed by atoms with Gasteiger partial charge < -0.3 is 9.64 Å². The molecule has 0 spiro atoms. The standard InChI is InChI=1S/C20H30N2O4S/c1-14-5-6-19(11-15(14)2)27(24,25)22-9-7-18(8-10-22)20(23)21-12-16(3)26-17(4)13-21/h5-6,11,16-18H,7-10,12-13H2,1-4H3. The van der Waals surface area contributed by atoms with E-state index in [1.165, 1.54) is 4.31 Å². The highest BCUT2D eigenvalue weighted by molar-refractivity contribution is 7.89. The number of nitrogens with zero attached hydrogens (tertiary/aromatic N) is 2. The van der Waals surface area contributed by atoms with Crippen molar-refractivity contribution in [1.82, 2.24) is 9.21 Å². The lowest BCUT2D eigenvalue weighted by molar-refractivity contribution is -0.148. The lowest BCUT2D eigenvalue weighted by atomic mass is 9.96. The van der Waals surface area contributed by atoms with E-state index in [4.69, 9.17) is 4.74 Å². The third kappa shape index (κ3) is 4.36. The molecular formula is C20H30N2O4S. The van der Waals surface area contributed by atoms with Crippen LogP contribution in [-0.2, 0) is 19.6 Å². The zero-order valence-corrected chi connectivity index (χ0v) is 17.5. The predicted molar refractivity (Wildman–Crippen MR) is 104 cm³/mol. The quantitative estimate of drug-likeness (QED) is 0.789. The highest BCUT2D eigenvalue weighted by Crippen LogP contribution is 2.27. The first-order valence-electron chi connectivity index (χ1n) is 9.70. The number of hydrogen-bond acceptors (Lipinski definition) is 4. The summed E-state index contributed by atoms with van der Waals surface area (Å²) in [5, 5.41) is 0. The van der Waals surface area contributed by atoms with Gasteiger partial charge in [-0.1, -0.05) is 6.07 Å². The van der Waals surface area contributed by atoms with E-state index in [9.17, 15) is 13.2 Å². The van der Waals surface area contributed by atoms with Crippen LogP contribution in [0.15, 0.2) is 23.1 Å². The minimum atomic E-state index is -3.50. The number of sulfonamides is 1. The molecular weight excluding hydrogens is 364 g/mol. The van der Waals surface area contributed by atoms with E-state index in [1.54, 1.807) is 12.1 Å². The molecule has 7 heteroatoms. The zero-order chi connectivity index (χ0) is 19.8. The van der Waals surface area contributed by atoms with Crippen LogP contribution >= 0.6 is 0 Å². The van der Waals surface area contributed by atoms with Crippen molar-refractivity contribution in [3.8, 4) is 0 Å². The second-order valence-corrected chi connectivity index (χ2v) is 9.86. The number of rotatable bonds is 3. The van der Waals surface area contributed by atoms with Gasteiger partial charge in [0, 0.05) is 32.1 Å². The summed E-state index contributed by atoms with van der Waals surface area (Å²) in [5.41, 5.74) is 2.05. The summed E-state index contributed by atoms with van der Waals surface area (Å²) in [7, 11) is -3.50. The number of ether oxygens (including phenoxy) is 1. The Hall–Kier alpha value is -1.44. The molecule has 0 radical (unpaired) electrons. The van der Waals surface area contributed by atoms with E-state index < -0.39 is 10.0 Å². The van der Waals surface area contributed by atoms with Crippen LogP contribution in [0.5, 0.6) is 0 Å². The van der Waals surface area contributed by atoms with Crippen molar-refractivity contribution >= 4 is 15.9 Å². The van der Waals surface area contributed by atoms with Crippen LogP contribution in [-0.4, -0.2) is 61.9 Å². The summed E-state index contributed by atoms with van der Waals surface area (Å²) in [4.78, 5) is 15.1. The minimum absolute atomic E-state index is 0.0444. The van der Waals surface area contributed by atoms with E-state index in [0.717, 1.165) is 11.1 Å². The Balaban J connectivity index is 1.64. The van der Waals surface area contributed by atoms with Crippen molar-refractivity contribution in [2.75, 3.05) is 26.2 Å². The first kappa shape index (κ1) is 20.3. The highest BCUT2D eigenvalue weighted by atomic mass is 32.2. The van der Waals surface area contributed by atoms with Crippen molar-refractivity contribution in [2.24, 2.45) is 5.92 Å². The number of carbonyl (C=O) groups excluding carboxylic acids is 1. The Bertz CT molecular complexity index is 790. The molecule has 6 nitrogen and oxygen atoms in total. The lowest BCUT2D eigenvalue weighted by Gasteiger charge is -2.39. The highest BCUT2D eigenvalue weighted by Gasteiger charge is 2.35. The molecule has 2 heterocycles. The average molecular weight is 395 g/mol. The fourth-order valence-corrected chi connectivity index (χ4v) is 5.54. The number of piperidine rings is 1. The van der Waals surface area contributed by atoms with Crippen LogP contribution in [0.1, 0.15) is 37.8 Å². The third-order valence-corrected chi connectivity index (χ3v) is 7.55. The van der Waals surface area contributed by atoms with E-state index in [-0.39, 0.29) is 24.0 Å².